The van der Waals surface area contributed by atoms with Crippen molar-refractivity contribution in [1.29, 1.82) is 0 Å². The molecule has 0 aliphatic heterocycles. The van der Waals surface area contributed by atoms with Crippen molar-refractivity contribution >= 4 is 22.9 Å². The molecule has 0 amide bonds. The van der Waals surface area contributed by atoms with Crippen molar-refractivity contribution in [3.8, 4) is 11.1 Å². The number of imidazole rings is 1. The molecule has 1 fully saturated rings. The Kier molecular flexibility index (Phi) is 6.68. The average molecular weight is 470 g/mol. The van der Waals surface area contributed by atoms with Gasteiger partial charge in [-0.2, -0.15) is 9.97 Å². The number of rotatable bonds is 7. The minimum atomic E-state index is 0.262. The first-order valence-corrected chi connectivity index (χ1v) is 12.6. The molecule has 1 aliphatic rings. The molecular weight excluding hydrogens is 434 g/mol. The first-order chi connectivity index (χ1) is 17.0. The van der Waals surface area contributed by atoms with E-state index in [1.807, 2.05) is 6.33 Å². The Labute approximate surface area is 207 Å². The van der Waals surface area contributed by atoms with E-state index in [0.29, 0.717) is 24.6 Å². The predicted octanol–water partition coefficient (Wildman–Crippen LogP) is 5.68. The van der Waals surface area contributed by atoms with Gasteiger partial charge in [0.2, 0.25) is 5.95 Å². The number of benzene rings is 2. The van der Waals surface area contributed by atoms with E-state index >= 15 is 0 Å². The van der Waals surface area contributed by atoms with Gasteiger partial charge in [0.1, 0.15) is 0 Å². The lowest BCUT2D eigenvalue weighted by Crippen LogP contribution is -2.33. The monoisotopic (exact) mass is 469 g/mol. The molecule has 2 aromatic carbocycles. The van der Waals surface area contributed by atoms with Crippen molar-refractivity contribution < 1.29 is 0 Å². The van der Waals surface area contributed by atoms with Crippen LogP contribution in [0.4, 0.5) is 11.8 Å². The van der Waals surface area contributed by atoms with Crippen LogP contribution in [0.5, 0.6) is 0 Å². The van der Waals surface area contributed by atoms with E-state index in [-0.39, 0.29) is 6.04 Å². The van der Waals surface area contributed by atoms with Crippen LogP contribution in [0.25, 0.3) is 22.3 Å². The lowest BCUT2D eigenvalue weighted by molar-refractivity contribution is 0.410. The molecule has 7 heteroatoms. The van der Waals surface area contributed by atoms with Crippen LogP contribution in [0, 0.1) is 6.92 Å². The molecule has 7 nitrogen and oxygen atoms in total. The number of nitrogens with two attached hydrogens (primary N) is 1. The zero-order chi connectivity index (χ0) is 24.4. The summed E-state index contributed by atoms with van der Waals surface area (Å²) in [5.41, 5.74) is 12.6. The van der Waals surface area contributed by atoms with Gasteiger partial charge >= 0.3 is 0 Å². The molecule has 1 aliphatic carbocycles. The summed E-state index contributed by atoms with van der Waals surface area (Å²) in [6.07, 6.45) is 6.01. The zero-order valence-corrected chi connectivity index (χ0v) is 20.8. The number of fused-ring (bicyclic) bond motifs is 1. The van der Waals surface area contributed by atoms with E-state index in [9.17, 15) is 0 Å². The van der Waals surface area contributed by atoms with Gasteiger partial charge in [0.15, 0.2) is 17.0 Å². The van der Waals surface area contributed by atoms with Gasteiger partial charge in [0, 0.05) is 24.7 Å². The molecule has 0 saturated heterocycles. The summed E-state index contributed by atoms with van der Waals surface area (Å²) < 4.78 is 2.10. The van der Waals surface area contributed by atoms with Crippen molar-refractivity contribution in [3.05, 3.63) is 66.0 Å². The molecule has 35 heavy (non-hydrogen) atoms. The normalized spacial score (nSPS) is 18.2. The number of nitrogens with one attached hydrogen (secondary N) is 2. The second kappa shape index (κ2) is 10.0. The van der Waals surface area contributed by atoms with Crippen LogP contribution in [-0.4, -0.2) is 31.6 Å². The second-order valence-electron chi connectivity index (χ2n) is 9.99. The molecular formula is C28H35N7. The van der Waals surface area contributed by atoms with Gasteiger partial charge in [0.25, 0.3) is 0 Å². The maximum absolute atomic E-state index is 6.09. The average Bonchev–Trinajstić information content (AvgIpc) is 3.29. The van der Waals surface area contributed by atoms with Crippen molar-refractivity contribution in [3.63, 3.8) is 0 Å². The summed E-state index contributed by atoms with van der Waals surface area (Å²) in [4.78, 5) is 14.3. The van der Waals surface area contributed by atoms with Crippen LogP contribution in [0.2, 0.25) is 0 Å². The van der Waals surface area contributed by atoms with Gasteiger partial charge in [-0.15, -0.1) is 0 Å². The first kappa shape index (κ1) is 23.3. The van der Waals surface area contributed by atoms with E-state index in [1.54, 1.807) is 0 Å². The Morgan fingerprint density at radius 2 is 1.77 bits per heavy atom. The molecule has 0 bridgehead atoms. The molecule has 0 unspecified atom stereocenters. The van der Waals surface area contributed by atoms with E-state index in [4.69, 9.17) is 15.7 Å². The molecule has 182 valence electrons. The molecule has 0 atom stereocenters. The smallest absolute Gasteiger partial charge is 0.227 e. The zero-order valence-electron chi connectivity index (χ0n) is 20.8. The summed E-state index contributed by atoms with van der Waals surface area (Å²) in [7, 11) is 0. The number of aromatic nitrogens is 4. The highest BCUT2D eigenvalue weighted by molar-refractivity contribution is 5.84. The van der Waals surface area contributed by atoms with Gasteiger partial charge in [-0.3, -0.25) is 0 Å². The van der Waals surface area contributed by atoms with Crippen LogP contribution in [0.3, 0.4) is 0 Å². The van der Waals surface area contributed by atoms with E-state index < -0.39 is 0 Å². The minimum Gasteiger partial charge on any atom is -0.364 e. The van der Waals surface area contributed by atoms with Crippen LogP contribution in [0.1, 0.15) is 56.7 Å². The molecule has 2 aromatic heterocycles. The Bertz CT molecular complexity index is 1280. The lowest BCUT2D eigenvalue weighted by atomic mass is 9.92. The van der Waals surface area contributed by atoms with Crippen LogP contribution in [-0.2, 0) is 6.54 Å². The number of nitrogens with zero attached hydrogens (tertiary/aromatic N) is 4. The molecule has 1 saturated carbocycles. The first-order valence-electron chi connectivity index (χ1n) is 12.6. The number of aryl methyl sites for hydroxylation is 1. The summed E-state index contributed by atoms with van der Waals surface area (Å²) in [6.45, 7) is 7.06. The van der Waals surface area contributed by atoms with Gasteiger partial charge in [-0.25, -0.2) is 4.98 Å². The fraction of sp³-hybridized carbons (Fsp3) is 0.393. The fourth-order valence-electron chi connectivity index (χ4n) is 4.75. The van der Waals surface area contributed by atoms with Gasteiger partial charge in [-0.1, -0.05) is 54.1 Å². The Balaban J connectivity index is 1.36. The largest absolute Gasteiger partial charge is 0.364 e. The molecule has 0 spiro atoms. The van der Waals surface area contributed by atoms with Gasteiger partial charge < -0.3 is 20.9 Å². The Hall–Kier alpha value is -3.45. The third kappa shape index (κ3) is 5.30. The summed E-state index contributed by atoms with van der Waals surface area (Å²) in [5, 5.41) is 7.08. The maximum atomic E-state index is 6.09. The minimum absolute atomic E-state index is 0.262. The summed E-state index contributed by atoms with van der Waals surface area (Å²) in [5.74, 6) is 1.41. The Morgan fingerprint density at radius 1 is 1.00 bits per heavy atom. The highest BCUT2D eigenvalue weighted by Crippen LogP contribution is 2.27. The van der Waals surface area contributed by atoms with Crippen molar-refractivity contribution in [1.82, 2.24) is 19.5 Å². The molecule has 4 aromatic rings. The SMILES string of the molecule is Cc1cccc(-c2ccc(CNc3nc(NC4CCC(N)CC4)nc4c3ncn4C(C)C)cc2)c1. The lowest BCUT2D eigenvalue weighted by Gasteiger charge is -2.27. The predicted molar refractivity (Wildman–Crippen MR) is 144 cm³/mol. The summed E-state index contributed by atoms with van der Waals surface area (Å²) >= 11 is 0. The third-order valence-electron chi connectivity index (χ3n) is 6.85. The molecule has 2 heterocycles. The fourth-order valence-corrected chi connectivity index (χ4v) is 4.75. The van der Waals surface area contributed by atoms with Crippen molar-refractivity contribution in [2.24, 2.45) is 5.73 Å². The number of hydrogen-bond donors (Lipinski definition) is 3. The maximum Gasteiger partial charge on any atom is 0.227 e. The van der Waals surface area contributed by atoms with E-state index in [2.05, 4.69) is 89.5 Å². The topological polar surface area (TPSA) is 93.7 Å². The number of hydrogen-bond acceptors (Lipinski definition) is 6. The molecule has 0 radical (unpaired) electrons. The highest BCUT2D eigenvalue weighted by Gasteiger charge is 2.21. The van der Waals surface area contributed by atoms with Crippen LogP contribution in [0.15, 0.2) is 54.9 Å². The number of anilines is 2. The van der Waals surface area contributed by atoms with Gasteiger partial charge in [0.05, 0.1) is 6.33 Å². The van der Waals surface area contributed by atoms with E-state index in [1.165, 1.54) is 22.3 Å². The standard InChI is InChI=1S/C28H35N7/c1-18(2)35-17-31-25-26(33-28(34-27(25)35)32-24-13-11-23(29)12-14-24)30-16-20-7-9-21(10-8-20)22-6-4-5-19(3)15-22/h4-10,15,17-18,23-24H,11-14,16,29H2,1-3H3,(H2,30,32,33,34). The molecule has 5 rings (SSSR count). The quantitative estimate of drug-likeness (QED) is 0.323. The van der Waals surface area contributed by atoms with Crippen molar-refractivity contribution in [2.45, 2.75) is 71.1 Å². The van der Waals surface area contributed by atoms with Gasteiger partial charge in [-0.05, 0) is 63.1 Å². The van der Waals surface area contributed by atoms with E-state index in [0.717, 1.165) is 42.7 Å². The highest BCUT2D eigenvalue weighted by atomic mass is 15.2. The third-order valence-corrected chi connectivity index (χ3v) is 6.85. The van der Waals surface area contributed by atoms with Crippen LogP contribution < -0.4 is 16.4 Å². The second-order valence-corrected chi connectivity index (χ2v) is 9.99. The molecule has 4 N–H and O–H groups in total. The van der Waals surface area contributed by atoms with Crippen LogP contribution >= 0.6 is 0 Å². The van der Waals surface area contributed by atoms with Crippen molar-refractivity contribution in [2.75, 3.05) is 10.6 Å². The Morgan fingerprint density at radius 3 is 2.49 bits per heavy atom. The summed E-state index contributed by atoms with van der Waals surface area (Å²) in [6, 6.07) is 18.2.